The van der Waals surface area contributed by atoms with E-state index in [0.29, 0.717) is 0 Å². The molecule has 1 unspecified atom stereocenters. The van der Waals surface area contributed by atoms with Gasteiger partial charge in [-0.15, -0.1) is 22.7 Å². The van der Waals surface area contributed by atoms with Crippen molar-refractivity contribution in [1.29, 1.82) is 0 Å². The van der Waals surface area contributed by atoms with E-state index in [1.807, 2.05) is 17.4 Å². The summed E-state index contributed by atoms with van der Waals surface area (Å²) in [7, 11) is -1.11. The molecule has 1 N–H and O–H groups in total. The SMILES string of the molecule is Cc1ccsc1CNCCCN1c2c(Br)csc2S(=O)c2ccc(C)c(C)c21. The summed E-state index contributed by atoms with van der Waals surface area (Å²) in [6.45, 7) is 9.21. The molecule has 1 aliphatic rings. The molecular formula is C21H23BrN2OS3. The Balaban J connectivity index is 1.54. The van der Waals surface area contributed by atoms with Crippen LogP contribution in [0.5, 0.6) is 0 Å². The molecule has 0 aliphatic carbocycles. The van der Waals surface area contributed by atoms with E-state index in [1.165, 1.54) is 21.6 Å². The Morgan fingerprint density at radius 1 is 1.11 bits per heavy atom. The Bertz CT molecular complexity index is 1040. The summed E-state index contributed by atoms with van der Waals surface area (Å²) < 4.78 is 15.1. The Labute approximate surface area is 185 Å². The molecule has 1 aromatic carbocycles. The highest BCUT2D eigenvalue weighted by molar-refractivity contribution is 9.10. The number of anilines is 2. The highest BCUT2D eigenvalue weighted by atomic mass is 79.9. The molecule has 4 rings (SSSR count). The fourth-order valence-corrected chi connectivity index (χ4v) is 8.00. The number of thiophene rings is 2. The molecule has 1 atom stereocenters. The third-order valence-corrected chi connectivity index (χ3v) is 9.94. The van der Waals surface area contributed by atoms with Crippen molar-refractivity contribution in [2.75, 3.05) is 18.0 Å². The molecule has 0 saturated carbocycles. The van der Waals surface area contributed by atoms with Crippen molar-refractivity contribution in [2.24, 2.45) is 0 Å². The maximum absolute atomic E-state index is 13.1. The van der Waals surface area contributed by atoms with Crippen LogP contribution in [-0.2, 0) is 17.3 Å². The number of fused-ring (bicyclic) bond motifs is 2. The van der Waals surface area contributed by atoms with Crippen LogP contribution in [0.4, 0.5) is 11.4 Å². The van der Waals surface area contributed by atoms with Crippen molar-refractivity contribution in [3.05, 3.63) is 55.0 Å². The van der Waals surface area contributed by atoms with Gasteiger partial charge in [-0.3, -0.25) is 0 Å². The largest absolute Gasteiger partial charge is 0.338 e. The lowest BCUT2D eigenvalue weighted by molar-refractivity contribution is 0.650. The number of hydrogen-bond acceptors (Lipinski definition) is 5. The number of aryl methyl sites for hydroxylation is 2. The predicted molar refractivity (Wildman–Crippen MR) is 125 cm³/mol. The summed E-state index contributed by atoms with van der Waals surface area (Å²) in [4.78, 5) is 4.72. The molecule has 3 nitrogen and oxygen atoms in total. The van der Waals surface area contributed by atoms with Gasteiger partial charge in [-0.2, -0.15) is 0 Å². The lowest BCUT2D eigenvalue weighted by Gasteiger charge is -2.33. The van der Waals surface area contributed by atoms with Gasteiger partial charge in [0.05, 0.1) is 31.5 Å². The van der Waals surface area contributed by atoms with E-state index in [4.69, 9.17) is 0 Å². The lowest BCUT2D eigenvalue weighted by Crippen LogP contribution is -2.28. The molecule has 0 spiro atoms. The molecule has 3 aromatic rings. The molecule has 7 heteroatoms. The van der Waals surface area contributed by atoms with E-state index < -0.39 is 10.8 Å². The van der Waals surface area contributed by atoms with Crippen LogP contribution in [0, 0.1) is 20.8 Å². The maximum atomic E-state index is 13.1. The van der Waals surface area contributed by atoms with Crippen molar-refractivity contribution in [2.45, 2.75) is 42.8 Å². The highest BCUT2D eigenvalue weighted by Gasteiger charge is 2.32. The van der Waals surface area contributed by atoms with Gasteiger partial charge in [0.2, 0.25) is 0 Å². The normalized spacial score (nSPS) is 15.6. The van der Waals surface area contributed by atoms with Crippen LogP contribution in [0.25, 0.3) is 0 Å². The second-order valence-electron chi connectivity index (χ2n) is 7.05. The summed E-state index contributed by atoms with van der Waals surface area (Å²) in [6, 6.07) is 6.30. The van der Waals surface area contributed by atoms with Crippen molar-refractivity contribution in [3.63, 3.8) is 0 Å². The first-order valence-corrected chi connectivity index (χ1v) is 13.0. The molecule has 0 saturated heterocycles. The molecular weight excluding hydrogens is 472 g/mol. The van der Waals surface area contributed by atoms with Crippen molar-refractivity contribution >= 4 is 60.8 Å². The third-order valence-electron chi connectivity index (χ3n) is 5.25. The van der Waals surface area contributed by atoms with E-state index in [1.54, 1.807) is 11.3 Å². The van der Waals surface area contributed by atoms with E-state index >= 15 is 0 Å². The fraction of sp³-hybridized carbons (Fsp3) is 0.333. The molecule has 1 aliphatic heterocycles. The molecule has 0 bridgehead atoms. The van der Waals surface area contributed by atoms with Gasteiger partial charge in [-0.05, 0) is 83.9 Å². The minimum atomic E-state index is -1.11. The Morgan fingerprint density at radius 2 is 1.93 bits per heavy atom. The summed E-state index contributed by atoms with van der Waals surface area (Å²) >= 11 is 7.08. The number of nitrogens with zero attached hydrogens (tertiary/aromatic N) is 1. The van der Waals surface area contributed by atoms with Crippen LogP contribution in [0.2, 0.25) is 0 Å². The van der Waals surface area contributed by atoms with Crippen molar-refractivity contribution in [1.82, 2.24) is 5.32 Å². The number of halogens is 1. The number of hydrogen-bond donors (Lipinski definition) is 1. The van der Waals surface area contributed by atoms with Gasteiger partial charge >= 0.3 is 0 Å². The molecule has 28 heavy (non-hydrogen) atoms. The molecule has 3 heterocycles. The first-order chi connectivity index (χ1) is 13.5. The molecule has 148 valence electrons. The van der Waals surface area contributed by atoms with Gasteiger partial charge in [0.1, 0.15) is 4.21 Å². The van der Waals surface area contributed by atoms with Crippen LogP contribution in [-0.4, -0.2) is 17.3 Å². The Morgan fingerprint density at radius 3 is 2.68 bits per heavy atom. The Hall–Kier alpha value is -0.990. The minimum absolute atomic E-state index is 0.896. The van der Waals surface area contributed by atoms with Gasteiger partial charge in [0.25, 0.3) is 0 Å². The second-order valence-corrected chi connectivity index (χ2v) is 11.4. The van der Waals surface area contributed by atoms with E-state index in [2.05, 4.69) is 69.8 Å². The molecule has 0 amide bonds. The van der Waals surface area contributed by atoms with Crippen LogP contribution in [0.1, 0.15) is 28.0 Å². The monoisotopic (exact) mass is 494 g/mol. The number of rotatable bonds is 6. The van der Waals surface area contributed by atoms with E-state index in [-0.39, 0.29) is 0 Å². The summed E-state index contributed by atoms with van der Waals surface area (Å²) in [6.07, 6.45) is 1.02. The molecule has 0 fully saturated rings. The molecule has 0 radical (unpaired) electrons. The standard InChI is InChI=1S/C21H23BrN2OS3/c1-13-5-6-18-19(15(13)3)24(20-16(22)12-27-21(20)28(18)25)9-4-8-23-11-17-14(2)7-10-26-17/h5-7,10,12,23H,4,8-9,11H2,1-3H3. The van der Waals surface area contributed by atoms with Crippen LogP contribution >= 0.6 is 38.6 Å². The number of benzene rings is 1. The maximum Gasteiger partial charge on any atom is 0.121 e. The minimum Gasteiger partial charge on any atom is -0.338 e. The summed E-state index contributed by atoms with van der Waals surface area (Å²) in [5, 5.41) is 7.78. The van der Waals surface area contributed by atoms with Crippen LogP contribution in [0.15, 0.2) is 42.5 Å². The zero-order valence-electron chi connectivity index (χ0n) is 16.2. The average molecular weight is 496 g/mol. The lowest BCUT2D eigenvalue weighted by atomic mass is 10.1. The second kappa shape index (κ2) is 8.40. The van der Waals surface area contributed by atoms with Crippen molar-refractivity contribution in [3.8, 4) is 0 Å². The van der Waals surface area contributed by atoms with Gasteiger partial charge in [-0.25, -0.2) is 4.21 Å². The predicted octanol–water partition coefficient (Wildman–Crippen LogP) is 6.30. The quantitative estimate of drug-likeness (QED) is 0.408. The average Bonchev–Trinajstić information content (AvgIpc) is 3.26. The number of nitrogens with one attached hydrogen (secondary N) is 1. The van der Waals surface area contributed by atoms with Crippen LogP contribution < -0.4 is 10.2 Å². The van der Waals surface area contributed by atoms with Gasteiger partial charge in [0, 0.05) is 23.3 Å². The molecule has 2 aromatic heterocycles. The fourth-order valence-electron chi connectivity index (χ4n) is 3.53. The highest BCUT2D eigenvalue weighted by Crippen LogP contribution is 2.50. The zero-order chi connectivity index (χ0) is 19.8. The van der Waals surface area contributed by atoms with Gasteiger partial charge in [-0.1, -0.05) is 6.07 Å². The zero-order valence-corrected chi connectivity index (χ0v) is 20.2. The van der Waals surface area contributed by atoms with E-state index in [9.17, 15) is 4.21 Å². The smallest absolute Gasteiger partial charge is 0.121 e. The van der Waals surface area contributed by atoms with Crippen LogP contribution in [0.3, 0.4) is 0 Å². The van der Waals surface area contributed by atoms with Gasteiger partial charge < -0.3 is 10.2 Å². The van der Waals surface area contributed by atoms with E-state index in [0.717, 1.165) is 51.0 Å². The summed E-state index contributed by atoms with van der Waals surface area (Å²) in [5.41, 5.74) is 6.03. The summed E-state index contributed by atoms with van der Waals surface area (Å²) in [5.74, 6) is 0. The first-order valence-electron chi connectivity index (χ1n) is 9.29. The van der Waals surface area contributed by atoms with Gasteiger partial charge in [0.15, 0.2) is 0 Å². The topological polar surface area (TPSA) is 32.3 Å². The van der Waals surface area contributed by atoms with Crippen molar-refractivity contribution < 1.29 is 4.21 Å². The third kappa shape index (κ3) is 3.63. The Kier molecular flexibility index (Phi) is 6.09. The first kappa shape index (κ1) is 20.3.